The summed E-state index contributed by atoms with van der Waals surface area (Å²) in [6.07, 6.45) is 10.3. The smallest absolute Gasteiger partial charge is 0.329 e. The van der Waals surface area contributed by atoms with Crippen molar-refractivity contribution in [3.63, 3.8) is 0 Å². The fourth-order valence-corrected chi connectivity index (χ4v) is 12.1. The van der Waals surface area contributed by atoms with E-state index in [-0.39, 0.29) is 69.2 Å². The topological polar surface area (TPSA) is 240 Å². The molecule has 2 saturated heterocycles. The van der Waals surface area contributed by atoms with Crippen molar-refractivity contribution in [1.29, 1.82) is 0 Å². The molecule has 18 nitrogen and oxygen atoms in total. The Morgan fingerprint density at radius 2 is 1.59 bits per heavy atom. The van der Waals surface area contributed by atoms with E-state index in [0.717, 1.165) is 5.57 Å². The van der Waals surface area contributed by atoms with Crippen molar-refractivity contribution in [3.8, 4) is 0 Å². The van der Waals surface area contributed by atoms with Crippen molar-refractivity contribution in [2.45, 2.75) is 180 Å². The van der Waals surface area contributed by atoms with Crippen LogP contribution in [0.1, 0.15) is 126 Å². The first kappa shape index (κ1) is 64.3. The molecular formula is C56H90NO17P. The lowest BCUT2D eigenvalue weighted by Crippen LogP contribution is -2.61. The molecule has 4 aliphatic rings. The van der Waals surface area contributed by atoms with Crippen LogP contribution in [0.5, 0.6) is 0 Å². The quantitative estimate of drug-likeness (QED) is 0.0519. The Kier molecular flexibility index (Phi) is 26.4. The van der Waals surface area contributed by atoms with Crippen LogP contribution in [0.3, 0.4) is 0 Å². The average Bonchev–Trinajstić information content (AvgIpc) is 3.37. The molecule has 3 fully saturated rings. The van der Waals surface area contributed by atoms with Crippen LogP contribution in [0.2, 0.25) is 0 Å². The van der Waals surface area contributed by atoms with Crippen molar-refractivity contribution in [1.82, 2.24) is 4.90 Å². The molecule has 2 bridgehead atoms. The maximum atomic E-state index is 14.6. The van der Waals surface area contributed by atoms with Crippen molar-refractivity contribution >= 4 is 36.8 Å². The van der Waals surface area contributed by atoms with Crippen molar-refractivity contribution in [2.75, 3.05) is 61.0 Å². The van der Waals surface area contributed by atoms with Crippen LogP contribution in [0.15, 0.2) is 47.6 Å². The summed E-state index contributed by atoms with van der Waals surface area (Å²) in [6.45, 7) is 14.1. The van der Waals surface area contributed by atoms with E-state index in [1.165, 1.54) is 18.7 Å². The summed E-state index contributed by atoms with van der Waals surface area (Å²) in [5, 5.41) is 32.5. The van der Waals surface area contributed by atoms with Crippen molar-refractivity contribution < 1.29 is 81.3 Å². The Hall–Kier alpha value is -3.26. The number of hydrogen-bond donors (Lipinski definition) is 3. The number of ketones is 3. The second-order valence-corrected chi connectivity index (χ2v) is 23.6. The van der Waals surface area contributed by atoms with Gasteiger partial charge in [-0.05, 0) is 107 Å². The zero-order valence-corrected chi connectivity index (χ0v) is 47.4. The number of esters is 1. The summed E-state index contributed by atoms with van der Waals surface area (Å²) in [7, 11) is 0.977. The molecule has 0 aromatic heterocycles. The van der Waals surface area contributed by atoms with Crippen molar-refractivity contribution in [3.05, 3.63) is 47.6 Å². The zero-order valence-electron chi connectivity index (χ0n) is 46.5. The summed E-state index contributed by atoms with van der Waals surface area (Å²) in [6, 6.07) is -1.19. The second kappa shape index (κ2) is 30.8. The summed E-state index contributed by atoms with van der Waals surface area (Å²) >= 11 is 0. The van der Waals surface area contributed by atoms with E-state index in [1.54, 1.807) is 48.0 Å². The number of aliphatic hydroxyl groups is 3. The van der Waals surface area contributed by atoms with E-state index in [9.17, 15) is 38.8 Å². The highest BCUT2D eigenvalue weighted by atomic mass is 31.2. The molecule has 3 aliphatic heterocycles. The number of amides is 1. The molecule has 3 unspecified atom stereocenters. The summed E-state index contributed by atoms with van der Waals surface area (Å²) in [4.78, 5) is 72.6. The van der Waals surface area contributed by atoms with Crippen LogP contribution < -0.4 is 0 Å². The number of ether oxygens (including phenoxy) is 6. The maximum absolute atomic E-state index is 14.6. The van der Waals surface area contributed by atoms with Gasteiger partial charge in [0.15, 0.2) is 5.78 Å². The molecule has 1 aliphatic carbocycles. The SMILES string of the molecule is CO[C@H]1C[C@@H]2CC[C@@H](C)C(O)(O2)C(=O)C(=O)N2CCCCC2C(=O)O[C@H]([C@H](C)C[C@@H]2CC[C@@H](OP(C)(=O)OCCOCCO)[C@H](OC)C2)CC(=O)[C@H](C)/C=C(\C)[C@@H](O)[C@@H](OC)C(=O)[C@H](C)C[C@H](C)/C=C/C=CC=C1C. The fraction of sp³-hybridized carbons (Fsp3) is 0.768. The molecular weight excluding hydrogens is 990 g/mol. The Morgan fingerprint density at radius 3 is 2.27 bits per heavy atom. The largest absolute Gasteiger partial charge is 0.460 e. The van der Waals surface area contributed by atoms with E-state index >= 15 is 0 Å². The van der Waals surface area contributed by atoms with E-state index in [2.05, 4.69) is 0 Å². The number of aliphatic hydroxyl groups excluding tert-OH is 2. The number of piperidine rings is 1. The van der Waals surface area contributed by atoms with Gasteiger partial charge < -0.3 is 57.7 Å². The van der Waals surface area contributed by atoms with Crippen LogP contribution in [0.4, 0.5) is 0 Å². The van der Waals surface area contributed by atoms with Gasteiger partial charge in [0.05, 0.1) is 50.8 Å². The van der Waals surface area contributed by atoms with E-state index in [1.807, 2.05) is 51.2 Å². The molecule has 1 amide bonds. The van der Waals surface area contributed by atoms with E-state index in [0.29, 0.717) is 69.8 Å². The molecule has 0 radical (unpaired) electrons. The summed E-state index contributed by atoms with van der Waals surface area (Å²) in [5.74, 6) is -8.47. The van der Waals surface area contributed by atoms with Crippen LogP contribution in [0, 0.1) is 35.5 Å². The Bertz CT molecular complexity index is 2060. The number of carbonyl (C=O) groups is 5. The number of fused-ring (bicyclic) bond motifs is 3. The summed E-state index contributed by atoms with van der Waals surface area (Å²) < 4.78 is 59.8. The van der Waals surface area contributed by atoms with Crippen LogP contribution in [-0.4, -0.2) is 165 Å². The van der Waals surface area contributed by atoms with Gasteiger partial charge in [-0.1, -0.05) is 71.1 Å². The monoisotopic (exact) mass is 1080 g/mol. The minimum atomic E-state index is -3.51. The second-order valence-electron chi connectivity index (χ2n) is 21.6. The van der Waals surface area contributed by atoms with Gasteiger partial charge >= 0.3 is 13.6 Å². The van der Waals surface area contributed by atoms with Gasteiger partial charge in [0, 0.05) is 65.1 Å². The molecule has 3 N–H and O–H groups in total. The number of rotatable bonds is 14. The number of methoxy groups -OCH3 is 3. The average molecular weight is 1080 g/mol. The van der Waals surface area contributed by atoms with Crippen LogP contribution in [-0.2, 0) is 66.0 Å². The fourth-order valence-electron chi connectivity index (χ4n) is 10.9. The van der Waals surface area contributed by atoms with Crippen LogP contribution >= 0.6 is 7.60 Å². The first-order valence-electron chi connectivity index (χ1n) is 27.1. The van der Waals surface area contributed by atoms with Gasteiger partial charge in [0.1, 0.15) is 30.1 Å². The highest BCUT2D eigenvalue weighted by Crippen LogP contribution is 2.48. The van der Waals surface area contributed by atoms with Gasteiger partial charge in [-0.25, -0.2) is 4.79 Å². The van der Waals surface area contributed by atoms with Gasteiger partial charge in [0.2, 0.25) is 5.79 Å². The summed E-state index contributed by atoms with van der Waals surface area (Å²) in [5.41, 5.74) is 1.22. The number of carbonyl (C=O) groups excluding carboxylic acids is 5. The predicted octanol–water partition coefficient (Wildman–Crippen LogP) is 7.05. The molecule has 426 valence electrons. The lowest BCUT2D eigenvalue weighted by molar-refractivity contribution is -0.265. The standard InChI is InChI=1S/C56H90NO17P/c1-35-17-13-12-14-18-36(2)47(67-8)33-43-22-20-41(7)56(65,73-43)53(62)54(63)57-24-16-15-19-44(57)55(64)72-48(34-45(59)37(3)30-40(6)51(61)52(69-10)50(60)39(5)29-35)38(4)31-42-21-23-46(49(32-42)68-9)74-75(11,66)71-28-27-70-26-25-58/h12-14,17-18,30,35,37-39,41-44,46-49,51-52,58,61,65H,15-16,19-29,31-34H2,1-11H3/b14-12?,17-13+,36-18?,40-30+/t35-,37-,38-,39-,41-,42+,43+,44?,46-,47+,48+,49-,51-,52+,56?,75?/m1/s1. The lowest BCUT2D eigenvalue weighted by Gasteiger charge is -2.42. The Morgan fingerprint density at radius 1 is 0.853 bits per heavy atom. The number of nitrogens with zero attached hydrogens (tertiary/aromatic N) is 1. The number of cyclic esters (lactones) is 1. The molecule has 0 aromatic rings. The third-order valence-electron chi connectivity index (χ3n) is 15.6. The molecule has 0 spiro atoms. The van der Waals surface area contributed by atoms with Gasteiger partial charge in [-0.3, -0.25) is 23.7 Å². The Balaban J connectivity index is 1.66. The van der Waals surface area contributed by atoms with Gasteiger partial charge in [-0.15, -0.1) is 0 Å². The highest BCUT2D eigenvalue weighted by molar-refractivity contribution is 7.53. The van der Waals surface area contributed by atoms with E-state index in [4.69, 9.17) is 42.6 Å². The molecule has 16 atom stereocenters. The van der Waals surface area contributed by atoms with Crippen LogP contribution in [0.25, 0.3) is 0 Å². The number of Topliss-reactive ketones (excluding diaryl/α,β-unsaturated/α-hetero) is 3. The highest BCUT2D eigenvalue weighted by Gasteiger charge is 2.53. The first-order valence-corrected chi connectivity index (χ1v) is 29.1. The van der Waals surface area contributed by atoms with Crippen molar-refractivity contribution in [2.24, 2.45) is 35.5 Å². The Labute approximate surface area is 445 Å². The zero-order chi connectivity index (χ0) is 55.6. The lowest BCUT2D eigenvalue weighted by atomic mass is 9.78. The van der Waals surface area contributed by atoms with Gasteiger partial charge in [0.25, 0.3) is 11.7 Å². The number of allylic oxidation sites excluding steroid dienone is 6. The molecule has 1 saturated carbocycles. The predicted molar refractivity (Wildman–Crippen MR) is 281 cm³/mol. The molecule has 0 aromatic carbocycles. The minimum absolute atomic E-state index is 0.000234. The maximum Gasteiger partial charge on any atom is 0.329 e. The molecule has 3 heterocycles. The third kappa shape index (κ3) is 18.7. The molecule has 4 rings (SSSR count). The first-order chi connectivity index (χ1) is 35.5. The normalized spacial score (nSPS) is 36.4. The number of hydrogen-bond acceptors (Lipinski definition) is 17. The third-order valence-corrected chi connectivity index (χ3v) is 16.9. The van der Waals surface area contributed by atoms with Gasteiger partial charge in [-0.2, -0.15) is 0 Å². The molecule has 75 heavy (non-hydrogen) atoms. The van der Waals surface area contributed by atoms with E-state index < -0.39 is 103 Å². The minimum Gasteiger partial charge on any atom is -0.460 e. The molecule has 19 heteroatoms.